The summed E-state index contributed by atoms with van der Waals surface area (Å²) >= 11 is 1.52. The van der Waals surface area contributed by atoms with Crippen LogP contribution in [0.4, 0.5) is 13.2 Å². The molecule has 0 fully saturated rings. The fourth-order valence-electron chi connectivity index (χ4n) is 1.78. The number of rotatable bonds is 4. The van der Waals surface area contributed by atoms with Gasteiger partial charge < -0.3 is 10.5 Å². The van der Waals surface area contributed by atoms with Crippen molar-refractivity contribution in [2.24, 2.45) is 5.73 Å². The van der Waals surface area contributed by atoms with Crippen molar-refractivity contribution in [1.29, 1.82) is 0 Å². The third-order valence-electron chi connectivity index (χ3n) is 2.79. The van der Waals surface area contributed by atoms with Crippen molar-refractivity contribution in [3.05, 3.63) is 52.2 Å². The third-order valence-corrected chi connectivity index (χ3v) is 3.50. The Bertz CT molecular complexity index is 535. The van der Waals surface area contributed by atoms with E-state index in [2.05, 4.69) is 0 Å². The topological polar surface area (TPSA) is 35.2 Å². The maximum Gasteiger partial charge on any atom is 0.416 e. The van der Waals surface area contributed by atoms with E-state index in [4.69, 9.17) is 10.5 Å². The molecule has 0 aliphatic carbocycles. The molecular weight excluding hydrogens is 287 g/mol. The molecular formula is C14H14F3NOS. The molecule has 2 unspecified atom stereocenters. The summed E-state index contributed by atoms with van der Waals surface area (Å²) in [5.41, 5.74) is 6.10. The summed E-state index contributed by atoms with van der Waals surface area (Å²) in [5, 5.41) is 3.82. The Morgan fingerprint density at radius 1 is 1.15 bits per heavy atom. The van der Waals surface area contributed by atoms with Gasteiger partial charge >= 0.3 is 6.18 Å². The molecule has 0 aliphatic rings. The molecule has 0 amide bonds. The normalized spacial score (nSPS) is 14.8. The molecule has 1 heterocycles. The van der Waals surface area contributed by atoms with E-state index in [0.717, 1.165) is 17.7 Å². The Morgan fingerprint density at radius 3 is 2.25 bits per heavy atom. The van der Waals surface area contributed by atoms with E-state index in [1.165, 1.54) is 23.5 Å². The van der Waals surface area contributed by atoms with Crippen LogP contribution >= 0.6 is 11.3 Å². The van der Waals surface area contributed by atoms with Crippen LogP contribution in [0, 0.1) is 0 Å². The quantitative estimate of drug-likeness (QED) is 0.917. The fraction of sp³-hybridized carbons (Fsp3) is 0.286. The van der Waals surface area contributed by atoms with E-state index in [1.54, 1.807) is 6.92 Å². The van der Waals surface area contributed by atoms with Crippen LogP contribution in [0.5, 0.6) is 5.75 Å². The second-order valence-corrected chi connectivity index (χ2v) is 5.26. The first-order valence-corrected chi connectivity index (χ1v) is 6.94. The van der Waals surface area contributed by atoms with Gasteiger partial charge in [0.05, 0.1) is 5.56 Å². The Balaban J connectivity index is 2.16. The average molecular weight is 301 g/mol. The molecule has 2 N–H and O–H groups in total. The zero-order chi connectivity index (χ0) is 14.8. The highest BCUT2D eigenvalue weighted by Crippen LogP contribution is 2.32. The third kappa shape index (κ3) is 3.52. The Kier molecular flexibility index (Phi) is 4.35. The largest absolute Gasteiger partial charge is 0.484 e. The van der Waals surface area contributed by atoms with Crippen molar-refractivity contribution in [1.82, 2.24) is 0 Å². The summed E-state index contributed by atoms with van der Waals surface area (Å²) in [7, 11) is 0. The van der Waals surface area contributed by atoms with Crippen molar-refractivity contribution in [2.45, 2.75) is 25.2 Å². The molecule has 6 heteroatoms. The highest BCUT2D eigenvalue weighted by atomic mass is 32.1. The van der Waals surface area contributed by atoms with Crippen LogP contribution in [0.25, 0.3) is 0 Å². The molecule has 0 spiro atoms. The monoisotopic (exact) mass is 301 g/mol. The van der Waals surface area contributed by atoms with Gasteiger partial charge in [0.1, 0.15) is 11.9 Å². The molecule has 0 saturated heterocycles. The van der Waals surface area contributed by atoms with Crippen molar-refractivity contribution < 1.29 is 17.9 Å². The number of benzene rings is 1. The van der Waals surface area contributed by atoms with Crippen LogP contribution in [-0.2, 0) is 6.18 Å². The summed E-state index contributed by atoms with van der Waals surface area (Å²) in [4.78, 5) is 0. The van der Waals surface area contributed by atoms with Gasteiger partial charge in [-0.3, -0.25) is 0 Å². The van der Waals surface area contributed by atoms with Crippen LogP contribution in [0.2, 0.25) is 0 Å². The van der Waals surface area contributed by atoms with Gasteiger partial charge in [0, 0.05) is 11.6 Å². The SMILES string of the molecule is CC(N)C(Oc1ccc(C(F)(F)F)cc1)c1ccsc1. The first-order chi connectivity index (χ1) is 9.38. The van der Waals surface area contributed by atoms with Gasteiger partial charge in [-0.05, 0) is 48.0 Å². The number of nitrogens with two attached hydrogens (primary N) is 1. The summed E-state index contributed by atoms with van der Waals surface area (Å²) < 4.78 is 43.1. The minimum atomic E-state index is -4.34. The van der Waals surface area contributed by atoms with Crippen LogP contribution in [0.3, 0.4) is 0 Å². The molecule has 2 atom stereocenters. The minimum absolute atomic E-state index is 0.271. The van der Waals surface area contributed by atoms with E-state index in [9.17, 15) is 13.2 Å². The number of alkyl halides is 3. The van der Waals surface area contributed by atoms with Crippen molar-refractivity contribution in [3.63, 3.8) is 0 Å². The van der Waals surface area contributed by atoms with Crippen molar-refractivity contribution >= 4 is 11.3 Å². The second-order valence-electron chi connectivity index (χ2n) is 4.48. The maximum absolute atomic E-state index is 12.5. The number of thiophene rings is 1. The summed E-state index contributed by atoms with van der Waals surface area (Å²) in [5.74, 6) is 0.367. The lowest BCUT2D eigenvalue weighted by atomic mass is 10.1. The van der Waals surface area contributed by atoms with E-state index in [0.29, 0.717) is 5.75 Å². The summed E-state index contributed by atoms with van der Waals surface area (Å²) in [6.07, 6.45) is -4.72. The van der Waals surface area contributed by atoms with E-state index in [1.807, 2.05) is 16.8 Å². The number of halogens is 3. The highest BCUT2D eigenvalue weighted by molar-refractivity contribution is 7.07. The van der Waals surface area contributed by atoms with Crippen molar-refractivity contribution in [2.75, 3.05) is 0 Å². The van der Waals surface area contributed by atoms with Crippen LogP contribution in [-0.4, -0.2) is 6.04 Å². The molecule has 2 nitrogen and oxygen atoms in total. The predicted octanol–water partition coefficient (Wildman–Crippen LogP) is 4.23. The van der Waals surface area contributed by atoms with Gasteiger partial charge in [-0.25, -0.2) is 0 Å². The summed E-state index contributed by atoms with van der Waals surface area (Å²) in [6, 6.07) is 6.24. The predicted molar refractivity (Wildman–Crippen MR) is 72.8 cm³/mol. The number of hydrogen-bond acceptors (Lipinski definition) is 3. The smallest absolute Gasteiger partial charge is 0.416 e. The zero-order valence-electron chi connectivity index (χ0n) is 10.7. The zero-order valence-corrected chi connectivity index (χ0v) is 11.5. The second kappa shape index (κ2) is 5.85. The first-order valence-electron chi connectivity index (χ1n) is 5.99. The average Bonchev–Trinajstić information content (AvgIpc) is 2.88. The van der Waals surface area contributed by atoms with Crippen molar-refractivity contribution in [3.8, 4) is 5.75 Å². The Labute approximate surface area is 119 Å². The number of hydrogen-bond donors (Lipinski definition) is 1. The molecule has 0 aliphatic heterocycles. The van der Waals surface area contributed by atoms with Gasteiger partial charge in [-0.1, -0.05) is 0 Å². The lowest BCUT2D eigenvalue weighted by Gasteiger charge is -2.22. The maximum atomic E-state index is 12.5. The molecule has 0 saturated carbocycles. The van der Waals surface area contributed by atoms with E-state index in [-0.39, 0.29) is 12.1 Å². The molecule has 0 bridgehead atoms. The molecule has 2 rings (SSSR count). The molecule has 1 aromatic heterocycles. The summed E-state index contributed by atoms with van der Waals surface area (Å²) in [6.45, 7) is 1.80. The van der Waals surface area contributed by atoms with Crippen LogP contribution in [0.15, 0.2) is 41.1 Å². The van der Waals surface area contributed by atoms with Gasteiger partial charge in [0.2, 0.25) is 0 Å². The van der Waals surface area contributed by atoms with Gasteiger partial charge in [-0.15, -0.1) is 0 Å². The van der Waals surface area contributed by atoms with Gasteiger partial charge in [-0.2, -0.15) is 24.5 Å². The molecule has 0 radical (unpaired) electrons. The van der Waals surface area contributed by atoms with Gasteiger partial charge in [0.25, 0.3) is 0 Å². The lowest BCUT2D eigenvalue weighted by Crippen LogP contribution is -2.28. The molecule has 20 heavy (non-hydrogen) atoms. The lowest BCUT2D eigenvalue weighted by molar-refractivity contribution is -0.137. The fourth-order valence-corrected chi connectivity index (χ4v) is 2.47. The Hall–Kier alpha value is -1.53. The first kappa shape index (κ1) is 14.9. The standard InChI is InChI=1S/C14H14F3NOS/c1-9(18)13(10-6-7-20-8-10)19-12-4-2-11(3-5-12)14(15,16)17/h2-9,13H,18H2,1H3. The van der Waals surface area contributed by atoms with E-state index < -0.39 is 11.7 Å². The van der Waals surface area contributed by atoms with Gasteiger partial charge in [0.15, 0.2) is 0 Å². The molecule has 108 valence electrons. The molecule has 2 aromatic rings. The van der Waals surface area contributed by atoms with Crippen LogP contribution in [0.1, 0.15) is 24.2 Å². The number of ether oxygens (including phenoxy) is 1. The minimum Gasteiger partial charge on any atom is -0.484 e. The van der Waals surface area contributed by atoms with E-state index >= 15 is 0 Å². The highest BCUT2D eigenvalue weighted by Gasteiger charge is 2.30. The molecule has 1 aromatic carbocycles. The Morgan fingerprint density at radius 2 is 1.80 bits per heavy atom. The van der Waals surface area contributed by atoms with Crippen LogP contribution < -0.4 is 10.5 Å².